The number of cyclic esters (lactones) is 1. The second-order valence-corrected chi connectivity index (χ2v) is 19.4. The lowest BCUT2D eigenvalue weighted by molar-refractivity contribution is -0.155. The summed E-state index contributed by atoms with van der Waals surface area (Å²) in [5, 5.41) is 16.8. The summed E-state index contributed by atoms with van der Waals surface area (Å²) >= 11 is 0. The lowest BCUT2D eigenvalue weighted by Gasteiger charge is -2.37. The molecule has 3 N–H and O–H groups in total. The minimum Gasteiger partial charge on any atom is -0.508 e. The van der Waals surface area contributed by atoms with E-state index in [4.69, 9.17) is 9.47 Å². The van der Waals surface area contributed by atoms with Crippen LogP contribution in [0.25, 0.3) is 33.3 Å². The van der Waals surface area contributed by atoms with Gasteiger partial charge in [0.2, 0.25) is 17.7 Å². The zero-order valence-corrected chi connectivity index (χ0v) is 45.9. The van der Waals surface area contributed by atoms with E-state index in [1.165, 1.54) is 15.5 Å². The van der Waals surface area contributed by atoms with Crippen LogP contribution < -0.4 is 10.7 Å². The summed E-state index contributed by atoms with van der Waals surface area (Å²) in [6.45, 7) is 14.3. The Bertz CT molecular complexity index is 2480. The van der Waals surface area contributed by atoms with E-state index in [-0.39, 0.29) is 97.0 Å². The minimum absolute atomic E-state index is 0. The van der Waals surface area contributed by atoms with Gasteiger partial charge in [-0.15, -0.1) is 0 Å². The van der Waals surface area contributed by atoms with Crippen molar-refractivity contribution in [1.82, 2.24) is 30.1 Å². The maximum Gasteiger partial charge on any atom is 0.324 e. The number of hydrogen-bond acceptors (Lipinski definition) is 9. The van der Waals surface area contributed by atoms with Gasteiger partial charge in [-0.1, -0.05) is 71.0 Å². The minimum atomic E-state index is -1.14. The molecule has 18 heteroatoms. The first-order valence-corrected chi connectivity index (χ1v) is 23.7. The smallest absolute Gasteiger partial charge is 0.324 e. The molecular formula is C52H76N6O8S4. The van der Waals surface area contributed by atoms with Crippen LogP contribution in [0, 0.1) is 17.3 Å². The van der Waals surface area contributed by atoms with Gasteiger partial charge in [-0.3, -0.25) is 29.0 Å². The van der Waals surface area contributed by atoms with Crippen LogP contribution in [-0.4, -0.2) is 119 Å². The monoisotopic (exact) mass is 1040 g/mol. The lowest BCUT2D eigenvalue weighted by Crippen LogP contribution is -2.62. The molecule has 1 aromatic heterocycles. The van der Waals surface area contributed by atoms with E-state index < -0.39 is 47.2 Å². The normalized spacial score (nSPS) is 19.4. The van der Waals surface area contributed by atoms with Crippen molar-refractivity contribution < 1.29 is 38.6 Å². The van der Waals surface area contributed by atoms with Crippen molar-refractivity contribution in [2.75, 3.05) is 47.0 Å². The maximum absolute atomic E-state index is 14.7. The molecule has 386 valence electrons. The number of ether oxygens (including phenoxy) is 2. The van der Waals surface area contributed by atoms with Gasteiger partial charge in [0.25, 0.3) is 5.91 Å². The van der Waals surface area contributed by atoms with Crippen LogP contribution in [0.2, 0.25) is 0 Å². The number of nitrogens with one attached hydrogen (secondary N) is 2. The maximum atomic E-state index is 14.7. The quantitative estimate of drug-likeness (QED) is 0.138. The average Bonchev–Trinajstić information content (AvgIpc) is 3.91. The highest BCUT2D eigenvalue weighted by Crippen LogP contribution is 2.41. The number of benzene rings is 3. The third kappa shape index (κ3) is 13.2. The van der Waals surface area contributed by atoms with E-state index in [1.807, 2.05) is 26.0 Å². The molecule has 0 radical (unpaired) electrons. The molecule has 0 unspecified atom stereocenters. The number of carbonyl (C=O) groups excluding carboxylic acids is 5. The summed E-state index contributed by atoms with van der Waals surface area (Å²) in [5.74, 6) is -2.44. The molecule has 14 nitrogen and oxygen atoms in total. The van der Waals surface area contributed by atoms with Crippen molar-refractivity contribution in [3.63, 3.8) is 0 Å². The Labute approximate surface area is 441 Å². The molecule has 3 aromatic carbocycles. The van der Waals surface area contributed by atoms with E-state index in [0.717, 1.165) is 45.3 Å². The van der Waals surface area contributed by atoms with Crippen molar-refractivity contribution in [2.24, 2.45) is 17.3 Å². The van der Waals surface area contributed by atoms with E-state index in [0.29, 0.717) is 63.9 Å². The topological polar surface area (TPSA) is 163 Å². The fourth-order valence-corrected chi connectivity index (χ4v) is 10.2. The summed E-state index contributed by atoms with van der Waals surface area (Å²) < 4.78 is 14.0. The van der Waals surface area contributed by atoms with Crippen molar-refractivity contribution in [3.8, 4) is 28.1 Å². The van der Waals surface area contributed by atoms with Gasteiger partial charge in [-0.05, 0) is 97.0 Å². The van der Waals surface area contributed by atoms with Crippen molar-refractivity contribution in [2.45, 2.75) is 111 Å². The van der Waals surface area contributed by atoms with Gasteiger partial charge in [0, 0.05) is 75.1 Å². The largest absolute Gasteiger partial charge is 0.508 e. The summed E-state index contributed by atoms with van der Waals surface area (Å²) in [5.41, 5.74) is 10.4. The fourth-order valence-electron chi connectivity index (χ4n) is 10.2. The Kier molecular flexibility index (Phi) is 22.2. The first-order chi connectivity index (χ1) is 31.5. The summed E-state index contributed by atoms with van der Waals surface area (Å²) in [6.07, 6.45) is 3.17. The highest BCUT2D eigenvalue weighted by molar-refractivity contribution is 7.59. The lowest BCUT2D eigenvalue weighted by atomic mass is 9.83. The predicted molar refractivity (Wildman–Crippen MR) is 296 cm³/mol. The third-order valence-corrected chi connectivity index (χ3v) is 13.6. The highest BCUT2D eigenvalue weighted by Gasteiger charge is 2.40. The molecular weight excluding hydrogens is 965 g/mol. The molecule has 0 aliphatic carbocycles. The van der Waals surface area contributed by atoms with Crippen LogP contribution in [0.1, 0.15) is 83.9 Å². The fraction of sp³-hybridized carbons (Fsp3) is 0.519. The number of phenols is 1. The zero-order chi connectivity index (χ0) is 47.4. The van der Waals surface area contributed by atoms with E-state index in [2.05, 4.69) is 72.5 Å². The number of amides is 4. The summed E-state index contributed by atoms with van der Waals surface area (Å²) in [7, 11) is 3.32. The second-order valence-electron chi connectivity index (χ2n) is 19.4. The highest BCUT2D eigenvalue weighted by atomic mass is 32.1. The molecule has 4 atom stereocenters. The average molecular weight is 1040 g/mol. The Balaban J connectivity index is 0.00000324. The summed E-state index contributed by atoms with van der Waals surface area (Å²) in [4.78, 5) is 72.7. The van der Waals surface area contributed by atoms with E-state index in [1.54, 1.807) is 38.1 Å². The molecule has 0 spiro atoms. The van der Waals surface area contributed by atoms with Crippen LogP contribution in [0.3, 0.4) is 0 Å². The summed E-state index contributed by atoms with van der Waals surface area (Å²) in [6, 6.07) is 17.1. The molecule has 6 bridgehead atoms. The first kappa shape index (κ1) is 60.0. The molecule has 4 amide bonds. The second kappa shape index (κ2) is 25.9. The van der Waals surface area contributed by atoms with Crippen LogP contribution in [-0.2, 0) is 59.3 Å². The predicted octanol–water partition coefficient (Wildman–Crippen LogP) is 6.73. The number of hydrogen-bond donors (Lipinski definition) is 3. The van der Waals surface area contributed by atoms with E-state index >= 15 is 0 Å². The first-order valence-electron chi connectivity index (χ1n) is 23.7. The van der Waals surface area contributed by atoms with E-state index in [9.17, 15) is 29.1 Å². The van der Waals surface area contributed by atoms with Crippen LogP contribution in [0.5, 0.6) is 5.75 Å². The third-order valence-electron chi connectivity index (χ3n) is 13.6. The number of aromatic nitrogens is 1. The zero-order valence-electron chi connectivity index (χ0n) is 41.9. The number of aromatic hydroxyl groups is 1. The van der Waals surface area contributed by atoms with Crippen molar-refractivity contribution >= 4 is 94.5 Å². The van der Waals surface area contributed by atoms with Crippen molar-refractivity contribution in [3.05, 3.63) is 77.4 Å². The van der Waals surface area contributed by atoms with Gasteiger partial charge < -0.3 is 34.3 Å². The van der Waals surface area contributed by atoms with Crippen LogP contribution in [0.15, 0.2) is 60.7 Å². The molecule has 7 rings (SSSR count). The standard InChI is InChI=1S/C52H68N6O8.4H2S/c1-9-45(60)56-22-19-36(30-56)49(62)55(7)46(32(3)4)48(61)53-43-26-33-24-37(27-38(59)25-33)35-17-18-44-40(28-35)41(47(57(44)10-2)39-15-12-11-14-34(39)20-23-65-8)29-52(5,6)31-66-51(64)42-16-13-21-58(54-42)50(43)63;;;;/h11-12,14-15,17-18,24-25,27-28,32,36,42-43,46,54,59H,9-10,13,16,19-23,26,29-31H2,1-8H3,(H,53,61);4*1H2/t36-,42-,43-,46-;;;;/m0..../s1. The molecule has 2 fully saturated rings. The van der Waals surface area contributed by atoms with Crippen LogP contribution in [0.4, 0.5) is 0 Å². The molecule has 4 aromatic rings. The van der Waals surface area contributed by atoms with Gasteiger partial charge >= 0.3 is 5.97 Å². The Hall–Kier alpha value is -4.33. The van der Waals surface area contributed by atoms with Crippen molar-refractivity contribution in [1.29, 1.82) is 0 Å². The molecule has 3 aliphatic rings. The number of aryl methyl sites for hydroxylation is 1. The van der Waals surface area contributed by atoms with Gasteiger partial charge in [-0.2, -0.15) is 54.0 Å². The molecule has 3 aliphatic heterocycles. The SMILES string of the molecule is CCC(=O)N1CC[C@H](C(=O)N(C)[C@H](C(=O)N[C@H]2Cc3cc(O)cc(c3)-c3ccc4c(c3)c(c(-c3ccccc3CCOC)n4CC)CC(C)(C)COC(=O)[C@@H]3CCCN(N3)C2=O)C(C)C)C1.S.S.S.S. The Morgan fingerprint density at radius 2 is 1.70 bits per heavy atom. The number of nitrogens with zero attached hydrogens (tertiary/aromatic N) is 4. The van der Waals surface area contributed by atoms with Gasteiger partial charge in [0.05, 0.1) is 24.8 Å². The number of carbonyl (C=O) groups is 5. The number of esters is 1. The number of fused-ring (bicyclic) bond motifs is 6. The number of phenolic OH excluding ortho intramolecular Hbond substituents is 1. The number of likely N-dealkylation sites (N-methyl/N-ethyl adjacent to an activating group) is 1. The van der Waals surface area contributed by atoms with Gasteiger partial charge in [0.1, 0.15) is 23.9 Å². The van der Waals surface area contributed by atoms with Crippen LogP contribution >= 0.6 is 54.0 Å². The number of likely N-dealkylation sites (tertiary alicyclic amines) is 1. The number of methoxy groups -OCH3 is 1. The molecule has 0 saturated carbocycles. The number of hydrazine groups is 1. The molecule has 4 heterocycles. The Morgan fingerprint density at radius 1 is 0.971 bits per heavy atom. The number of rotatable bonds is 11. The van der Waals surface area contributed by atoms with Gasteiger partial charge in [-0.25, -0.2) is 5.43 Å². The molecule has 2 saturated heterocycles. The Morgan fingerprint density at radius 3 is 2.39 bits per heavy atom. The van der Waals surface area contributed by atoms with Gasteiger partial charge in [0.15, 0.2) is 0 Å². The molecule has 70 heavy (non-hydrogen) atoms.